The fraction of sp³-hybridized carbons (Fsp3) is 0.714. The van der Waals surface area contributed by atoms with Crippen LogP contribution in [0.4, 0.5) is 0 Å². The highest BCUT2D eigenvalue weighted by Crippen LogP contribution is 2.40. The largest absolute Gasteiger partial charge is 0.0880 e. The molecule has 7 heavy (non-hydrogen) atoms. The van der Waals surface area contributed by atoms with E-state index in [-0.39, 0.29) is 6.40 Å². The van der Waals surface area contributed by atoms with Gasteiger partial charge in [-0.3, -0.25) is 0 Å². The van der Waals surface area contributed by atoms with Crippen LogP contribution < -0.4 is 0 Å². The van der Waals surface area contributed by atoms with Crippen LogP contribution in [0.25, 0.3) is 0 Å². The van der Waals surface area contributed by atoms with Crippen molar-refractivity contribution in [2.24, 2.45) is 11.8 Å². The van der Waals surface area contributed by atoms with Crippen molar-refractivity contribution in [1.29, 1.82) is 0 Å². The van der Waals surface area contributed by atoms with E-state index in [1.165, 1.54) is 12.8 Å². The normalized spacial score (nSPS) is 58.3. The third-order valence-corrected chi connectivity index (χ3v) is 1.92. The molecule has 0 nitrogen and oxygen atoms in total. The first kappa shape index (κ1) is 2.91. The molecule has 0 heteroatoms. The number of allylic oxidation sites excluding steroid dienone is 2. The highest BCUT2D eigenvalue weighted by Gasteiger charge is 2.28. The molecule has 0 N–H and O–H groups in total. The quantitative estimate of drug-likeness (QED) is 0.403. The maximum absolute atomic E-state index is 7.48. The molecule has 0 aromatic carbocycles. The van der Waals surface area contributed by atoms with Crippen molar-refractivity contribution in [2.75, 3.05) is 0 Å². The van der Waals surface area contributed by atoms with Gasteiger partial charge in [0.15, 0.2) is 0 Å². The van der Waals surface area contributed by atoms with Gasteiger partial charge < -0.3 is 0 Å². The number of fused-ring (bicyclic) bond motifs is 1. The summed E-state index contributed by atoms with van der Waals surface area (Å²) in [6.45, 7) is 0. The lowest BCUT2D eigenvalue weighted by molar-refractivity contribution is 0.225. The lowest BCUT2D eigenvalue weighted by Gasteiger charge is -2.36. The number of hydrogen-bond acceptors (Lipinski definition) is 0. The van der Waals surface area contributed by atoms with Crippen molar-refractivity contribution in [3.63, 3.8) is 0 Å². The summed E-state index contributed by atoms with van der Waals surface area (Å²) >= 11 is 0. The van der Waals surface area contributed by atoms with Crippen LogP contribution in [0.15, 0.2) is 12.2 Å². The van der Waals surface area contributed by atoms with Crippen molar-refractivity contribution in [1.82, 2.24) is 0 Å². The van der Waals surface area contributed by atoms with Gasteiger partial charge in [-0.05, 0) is 31.1 Å². The van der Waals surface area contributed by atoms with Gasteiger partial charge in [0.2, 0.25) is 0 Å². The maximum atomic E-state index is 7.48. The summed E-state index contributed by atoms with van der Waals surface area (Å²) in [6, 6.07) is 0. The minimum Gasteiger partial charge on any atom is -0.0880 e. The lowest BCUT2D eigenvalue weighted by atomic mass is 9.69. The molecule has 0 aliphatic heterocycles. The predicted molar refractivity (Wildman–Crippen MR) is 30.0 cm³/mol. The lowest BCUT2D eigenvalue weighted by Crippen LogP contribution is -2.24. The van der Waals surface area contributed by atoms with Crippen LogP contribution in [0.5, 0.6) is 0 Å². The standard InChI is InChI=1S/C7H10/c1-2-6-4-7(3-1)5-6/h1-2,6-7H,3-5H2/t6-,7+/i4D/t4-,6+,7-/m0/s1. The summed E-state index contributed by atoms with van der Waals surface area (Å²) in [5.74, 6) is 1.36. The topological polar surface area (TPSA) is 0 Å². The fourth-order valence-electron chi connectivity index (χ4n) is 1.41. The third kappa shape index (κ3) is 0.425. The minimum atomic E-state index is 0.264. The Morgan fingerprint density at radius 2 is 2.71 bits per heavy atom. The van der Waals surface area contributed by atoms with E-state index in [2.05, 4.69) is 12.2 Å². The summed E-state index contributed by atoms with van der Waals surface area (Å²) in [5, 5.41) is 0. The Kier molecular flexibility index (Phi) is 0.464. The van der Waals surface area contributed by atoms with Gasteiger partial charge in [0.05, 0.1) is 0 Å². The molecule has 0 aromatic heterocycles. The van der Waals surface area contributed by atoms with E-state index in [4.69, 9.17) is 1.37 Å². The maximum Gasteiger partial charge on any atom is 0.0275 e. The molecule has 0 heterocycles. The molecule has 3 rings (SSSR count). The average Bonchev–Trinajstić information content (AvgIpc) is 1.89. The first-order valence-corrected chi connectivity index (χ1v) is 2.97. The van der Waals surface area contributed by atoms with E-state index in [1.54, 1.807) is 0 Å². The van der Waals surface area contributed by atoms with Crippen molar-refractivity contribution in [2.45, 2.75) is 19.2 Å². The zero-order valence-electron chi connectivity index (χ0n) is 5.30. The zero-order chi connectivity index (χ0) is 5.56. The molecule has 3 aliphatic rings. The van der Waals surface area contributed by atoms with Crippen LogP contribution >= 0.6 is 0 Å². The molecule has 0 saturated heterocycles. The highest BCUT2D eigenvalue weighted by atomic mass is 14.3. The zero-order valence-corrected chi connectivity index (χ0v) is 4.30. The van der Waals surface area contributed by atoms with E-state index in [1.807, 2.05) is 0 Å². The Balaban J connectivity index is 2.18. The predicted octanol–water partition coefficient (Wildman–Crippen LogP) is 1.97. The van der Waals surface area contributed by atoms with Crippen LogP contribution in [-0.2, 0) is 0 Å². The van der Waals surface area contributed by atoms with Gasteiger partial charge >= 0.3 is 0 Å². The summed E-state index contributed by atoms with van der Waals surface area (Å²) in [7, 11) is 0. The van der Waals surface area contributed by atoms with Crippen molar-refractivity contribution in [3.05, 3.63) is 12.2 Å². The second kappa shape index (κ2) is 1.12. The molecule has 3 aliphatic carbocycles. The van der Waals surface area contributed by atoms with Gasteiger partial charge in [-0.25, -0.2) is 0 Å². The molecule has 0 radical (unpaired) electrons. The van der Waals surface area contributed by atoms with Gasteiger partial charge in [-0.1, -0.05) is 12.2 Å². The molecule has 2 bridgehead atoms. The molecule has 0 aromatic rings. The van der Waals surface area contributed by atoms with Gasteiger partial charge in [0, 0.05) is 1.37 Å². The number of rotatable bonds is 0. The molecular weight excluding hydrogens is 84.1 g/mol. The van der Waals surface area contributed by atoms with E-state index >= 15 is 0 Å². The Bertz CT molecular complexity index is 128. The van der Waals surface area contributed by atoms with Crippen molar-refractivity contribution in [3.8, 4) is 0 Å². The van der Waals surface area contributed by atoms with Gasteiger partial charge in [0.1, 0.15) is 0 Å². The van der Waals surface area contributed by atoms with Crippen LogP contribution in [0, 0.1) is 11.8 Å². The van der Waals surface area contributed by atoms with E-state index in [9.17, 15) is 0 Å². The van der Waals surface area contributed by atoms with E-state index < -0.39 is 0 Å². The van der Waals surface area contributed by atoms with Crippen LogP contribution in [0.3, 0.4) is 0 Å². The Morgan fingerprint density at radius 3 is 3.00 bits per heavy atom. The number of hydrogen-bond donors (Lipinski definition) is 0. The smallest absolute Gasteiger partial charge is 0.0275 e. The summed E-state index contributed by atoms with van der Waals surface area (Å²) < 4.78 is 7.48. The Labute approximate surface area is 45.6 Å². The monoisotopic (exact) mass is 95.1 g/mol. The minimum absolute atomic E-state index is 0.264. The van der Waals surface area contributed by atoms with Crippen molar-refractivity contribution < 1.29 is 1.37 Å². The average molecular weight is 95.2 g/mol. The Morgan fingerprint density at radius 1 is 1.71 bits per heavy atom. The first-order valence-electron chi connectivity index (χ1n) is 3.54. The first-order chi connectivity index (χ1) is 3.88. The van der Waals surface area contributed by atoms with Gasteiger partial charge in [0.25, 0.3) is 0 Å². The molecule has 38 valence electrons. The third-order valence-electron chi connectivity index (χ3n) is 1.92. The summed E-state index contributed by atoms with van der Waals surface area (Å²) in [6.07, 6.45) is 7.16. The van der Waals surface area contributed by atoms with E-state index in [0.717, 1.165) is 5.92 Å². The second-order valence-corrected chi connectivity index (χ2v) is 2.52. The van der Waals surface area contributed by atoms with Crippen LogP contribution in [-0.4, -0.2) is 0 Å². The second-order valence-electron chi connectivity index (χ2n) is 2.52. The molecule has 1 saturated carbocycles. The molecule has 0 amide bonds. The van der Waals surface area contributed by atoms with Crippen LogP contribution in [0.2, 0.25) is 0 Å². The molecule has 0 unspecified atom stereocenters. The SMILES string of the molecule is [2H][C@@H]1[C@@H]2CC=C[C@H]1C2. The summed E-state index contributed by atoms with van der Waals surface area (Å²) in [5.41, 5.74) is 0. The molecule has 3 atom stereocenters. The van der Waals surface area contributed by atoms with Crippen LogP contribution in [0.1, 0.15) is 20.6 Å². The Hall–Kier alpha value is -0.260. The molecular formula is C7H10. The summed E-state index contributed by atoms with van der Waals surface area (Å²) in [4.78, 5) is 0. The fourth-order valence-corrected chi connectivity index (χ4v) is 1.41. The molecule has 1 fully saturated rings. The van der Waals surface area contributed by atoms with Gasteiger partial charge in [-0.2, -0.15) is 0 Å². The highest BCUT2D eigenvalue weighted by molar-refractivity contribution is 5.03. The van der Waals surface area contributed by atoms with Gasteiger partial charge in [-0.15, -0.1) is 0 Å². The van der Waals surface area contributed by atoms with E-state index in [0.29, 0.717) is 5.92 Å². The van der Waals surface area contributed by atoms with Crippen molar-refractivity contribution >= 4 is 0 Å². The molecule has 0 spiro atoms.